The average Bonchev–Trinajstić information content (AvgIpc) is 3.38. The summed E-state index contributed by atoms with van der Waals surface area (Å²) in [5.41, 5.74) is 3.60. The summed E-state index contributed by atoms with van der Waals surface area (Å²) in [6.45, 7) is 7.34. The molecule has 0 saturated carbocycles. The third kappa shape index (κ3) is 4.10. The van der Waals surface area contributed by atoms with Crippen molar-refractivity contribution in [1.82, 2.24) is 29.0 Å². The molecule has 0 aromatic carbocycles. The molecule has 6 rings (SSSR count). The van der Waals surface area contributed by atoms with Crippen molar-refractivity contribution in [3.8, 4) is 0 Å². The lowest BCUT2D eigenvalue weighted by molar-refractivity contribution is -0.135. The number of likely N-dealkylation sites (tertiary alicyclic amines) is 1. The molecule has 9 nitrogen and oxygen atoms in total. The van der Waals surface area contributed by atoms with Crippen molar-refractivity contribution >= 4 is 23.0 Å². The molecule has 3 aliphatic rings. The van der Waals surface area contributed by atoms with Gasteiger partial charge in [-0.3, -0.25) is 4.90 Å². The molecule has 0 bridgehead atoms. The standard InChI is InChI=1S/C24H30F2N8O/c1-15-28-19-4-3-18(30-22(19)33(15)12-21(25)26)17-7-10-34-20(17)11-27-23(31-34)29-16-5-8-32(9-6-16)24(2)13-35-14-24/h7,10-11,16,21H,3-6,8-9,12-14H2,1-2H3,(H,29,31). The van der Waals surface area contributed by atoms with Gasteiger partial charge in [-0.2, -0.15) is 0 Å². The number of anilines is 1. The molecule has 0 amide bonds. The number of rotatable bonds is 6. The van der Waals surface area contributed by atoms with Gasteiger partial charge in [-0.15, -0.1) is 5.10 Å². The Morgan fingerprint density at radius 3 is 2.74 bits per heavy atom. The molecule has 3 aromatic heterocycles. The molecule has 1 N–H and O–H groups in total. The van der Waals surface area contributed by atoms with E-state index in [-0.39, 0.29) is 5.54 Å². The largest absolute Gasteiger partial charge is 0.377 e. The van der Waals surface area contributed by atoms with Crippen LogP contribution in [0.4, 0.5) is 20.5 Å². The number of hydrogen-bond donors (Lipinski definition) is 1. The molecular formula is C24H30F2N8O. The molecule has 0 atom stereocenters. The van der Waals surface area contributed by atoms with Gasteiger partial charge in [0.05, 0.1) is 48.4 Å². The molecule has 0 aliphatic carbocycles. The van der Waals surface area contributed by atoms with Crippen LogP contribution in [0.3, 0.4) is 0 Å². The second-order valence-electron chi connectivity index (χ2n) is 10.0. The Hall–Kier alpha value is -2.92. The predicted molar refractivity (Wildman–Crippen MR) is 128 cm³/mol. The van der Waals surface area contributed by atoms with Crippen LogP contribution in [0.5, 0.6) is 0 Å². The molecule has 3 aromatic rings. The summed E-state index contributed by atoms with van der Waals surface area (Å²) < 4.78 is 34.9. The van der Waals surface area contributed by atoms with Crippen LogP contribution >= 0.6 is 0 Å². The summed E-state index contributed by atoms with van der Waals surface area (Å²) in [5.74, 6) is 1.72. The minimum atomic E-state index is -2.45. The highest BCUT2D eigenvalue weighted by atomic mass is 19.3. The summed E-state index contributed by atoms with van der Waals surface area (Å²) in [7, 11) is 0. The Morgan fingerprint density at radius 1 is 1.23 bits per heavy atom. The monoisotopic (exact) mass is 484 g/mol. The third-order valence-electron chi connectivity index (χ3n) is 7.51. The maximum absolute atomic E-state index is 13.1. The number of aromatic nitrogens is 5. The molecule has 3 aliphatic heterocycles. The van der Waals surface area contributed by atoms with Gasteiger partial charge in [-0.1, -0.05) is 0 Å². The molecule has 0 spiro atoms. The van der Waals surface area contributed by atoms with Gasteiger partial charge in [-0.05, 0) is 45.6 Å². The topological polar surface area (TPSA) is 84.9 Å². The summed E-state index contributed by atoms with van der Waals surface area (Å²) in [6, 6.07) is 2.31. The van der Waals surface area contributed by atoms with Crippen molar-refractivity contribution < 1.29 is 13.5 Å². The summed E-state index contributed by atoms with van der Waals surface area (Å²) in [5, 5.41) is 8.17. The van der Waals surface area contributed by atoms with Crippen molar-refractivity contribution in [2.45, 2.75) is 64.1 Å². The average molecular weight is 485 g/mol. The van der Waals surface area contributed by atoms with E-state index < -0.39 is 13.0 Å². The van der Waals surface area contributed by atoms with E-state index >= 15 is 0 Å². The maximum atomic E-state index is 13.1. The Kier molecular flexibility index (Phi) is 5.56. The van der Waals surface area contributed by atoms with Gasteiger partial charge < -0.3 is 14.6 Å². The van der Waals surface area contributed by atoms with Crippen molar-refractivity contribution in [3.05, 3.63) is 35.5 Å². The van der Waals surface area contributed by atoms with Gasteiger partial charge in [0.1, 0.15) is 5.82 Å². The fraction of sp³-hybridized carbons (Fsp3) is 0.583. The summed E-state index contributed by atoms with van der Waals surface area (Å²) >= 11 is 0. The highest BCUT2D eigenvalue weighted by molar-refractivity contribution is 6.08. The van der Waals surface area contributed by atoms with E-state index in [2.05, 4.69) is 32.2 Å². The van der Waals surface area contributed by atoms with E-state index in [1.165, 1.54) is 4.57 Å². The number of alkyl halides is 2. The molecule has 2 saturated heterocycles. The number of nitrogens with one attached hydrogen (secondary N) is 1. The first-order valence-corrected chi connectivity index (χ1v) is 12.3. The second kappa shape index (κ2) is 8.63. The van der Waals surface area contributed by atoms with E-state index in [9.17, 15) is 8.78 Å². The van der Waals surface area contributed by atoms with Gasteiger partial charge in [-0.25, -0.2) is 28.3 Å². The van der Waals surface area contributed by atoms with E-state index in [0.717, 1.165) is 61.6 Å². The Balaban J connectivity index is 1.18. The van der Waals surface area contributed by atoms with E-state index in [1.807, 2.05) is 23.0 Å². The predicted octanol–water partition coefficient (Wildman–Crippen LogP) is 3.23. The zero-order chi connectivity index (χ0) is 24.2. The Morgan fingerprint density at radius 2 is 2.03 bits per heavy atom. The van der Waals surface area contributed by atoms with Crippen LogP contribution in [0.1, 0.15) is 43.3 Å². The SMILES string of the molecule is Cc1nc2c(n1CC(F)F)N=C(c1ccn3nc(NC4CCN(C5(C)COC5)CC4)ncc13)CC2. The fourth-order valence-corrected chi connectivity index (χ4v) is 5.42. The number of piperidine rings is 1. The number of nitrogens with zero attached hydrogens (tertiary/aromatic N) is 7. The first-order valence-electron chi connectivity index (χ1n) is 12.3. The second-order valence-corrected chi connectivity index (χ2v) is 10.0. The highest BCUT2D eigenvalue weighted by Crippen LogP contribution is 2.31. The zero-order valence-electron chi connectivity index (χ0n) is 20.0. The van der Waals surface area contributed by atoms with E-state index in [1.54, 1.807) is 6.92 Å². The third-order valence-corrected chi connectivity index (χ3v) is 7.51. The van der Waals surface area contributed by atoms with Crippen LogP contribution in [0, 0.1) is 6.92 Å². The normalized spacial score (nSPS) is 20.7. The lowest BCUT2D eigenvalue weighted by atomic mass is 9.93. The van der Waals surface area contributed by atoms with Crippen LogP contribution in [-0.4, -0.2) is 79.1 Å². The van der Waals surface area contributed by atoms with Crippen LogP contribution < -0.4 is 5.32 Å². The van der Waals surface area contributed by atoms with E-state index in [0.29, 0.717) is 36.5 Å². The molecule has 2 fully saturated rings. The van der Waals surface area contributed by atoms with Crippen LogP contribution in [0.15, 0.2) is 23.5 Å². The Bertz CT molecular complexity index is 1270. The van der Waals surface area contributed by atoms with Gasteiger partial charge in [0, 0.05) is 30.9 Å². The lowest BCUT2D eigenvalue weighted by Gasteiger charge is -2.49. The number of halogens is 2. The molecule has 35 heavy (non-hydrogen) atoms. The molecular weight excluding hydrogens is 454 g/mol. The molecule has 186 valence electrons. The van der Waals surface area contributed by atoms with Crippen LogP contribution in [-0.2, 0) is 17.7 Å². The smallest absolute Gasteiger partial charge is 0.256 e. The van der Waals surface area contributed by atoms with Gasteiger partial charge in [0.2, 0.25) is 5.95 Å². The number of ether oxygens (including phenoxy) is 1. The van der Waals surface area contributed by atoms with Gasteiger partial charge in [0.15, 0.2) is 5.82 Å². The minimum Gasteiger partial charge on any atom is -0.377 e. The Labute approximate surface area is 202 Å². The van der Waals surface area contributed by atoms with Gasteiger partial charge >= 0.3 is 0 Å². The van der Waals surface area contributed by atoms with Crippen molar-refractivity contribution in [1.29, 1.82) is 0 Å². The number of aliphatic imine (C=N–C) groups is 1. The lowest BCUT2D eigenvalue weighted by Crippen LogP contribution is -2.62. The van der Waals surface area contributed by atoms with Crippen molar-refractivity contribution in [2.24, 2.45) is 4.99 Å². The molecule has 6 heterocycles. The molecule has 0 radical (unpaired) electrons. The number of aryl methyl sites for hydroxylation is 2. The first kappa shape index (κ1) is 22.5. The van der Waals surface area contributed by atoms with Crippen molar-refractivity contribution in [3.63, 3.8) is 0 Å². The quantitative estimate of drug-likeness (QED) is 0.578. The number of hydrogen-bond acceptors (Lipinski definition) is 7. The highest BCUT2D eigenvalue weighted by Gasteiger charge is 2.40. The summed E-state index contributed by atoms with van der Waals surface area (Å²) in [4.78, 5) is 16.3. The van der Waals surface area contributed by atoms with Crippen LogP contribution in [0.25, 0.3) is 5.52 Å². The molecule has 0 unspecified atom stereocenters. The summed E-state index contributed by atoms with van der Waals surface area (Å²) in [6.07, 6.45) is 4.71. The van der Waals surface area contributed by atoms with Crippen molar-refractivity contribution in [2.75, 3.05) is 31.6 Å². The van der Waals surface area contributed by atoms with Gasteiger partial charge in [0.25, 0.3) is 6.43 Å². The number of fused-ring (bicyclic) bond motifs is 2. The maximum Gasteiger partial charge on any atom is 0.256 e. The number of imidazole rings is 1. The first-order chi connectivity index (χ1) is 16.9. The van der Waals surface area contributed by atoms with Crippen LogP contribution in [0.2, 0.25) is 0 Å². The zero-order valence-corrected chi connectivity index (χ0v) is 20.0. The minimum absolute atomic E-state index is 0.195. The molecule has 11 heteroatoms. The fourth-order valence-electron chi connectivity index (χ4n) is 5.42. The van der Waals surface area contributed by atoms with E-state index in [4.69, 9.17) is 9.73 Å².